The molecule has 2 unspecified atom stereocenters. The molecule has 142 valence electrons. The van der Waals surface area contributed by atoms with Gasteiger partial charge in [0.05, 0.1) is 11.2 Å². The minimum absolute atomic E-state index is 0.0486. The summed E-state index contributed by atoms with van der Waals surface area (Å²) in [5.41, 5.74) is 4.67. The molecule has 0 N–H and O–H groups in total. The van der Waals surface area contributed by atoms with Gasteiger partial charge in [0.1, 0.15) is 11.6 Å². The van der Waals surface area contributed by atoms with E-state index in [-0.39, 0.29) is 23.4 Å². The molecule has 4 aromatic rings. The van der Waals surface area contributed by atoms with E-state index in [1.807, 2.05) is 48.7 Å². The van der Waals surface area contributed by atoms with Gasteiger partial charge in [0.15, 0.2) is 0 Å². The van der Waals surface area contributed by atoms with Crippen molar-refractivity contribution in [2.45, 2.75) is 18.8 Å². The Kier molecular flexibility index (Phi) is 4.39. The number of Topliss-reactive ketones (excluding diaryl/α,β-unsaturated/α-hetero) is 1. The number of fused-ring (bicyclic) bond motifs is 1. The Morgan fingerprint density at radius 2 is 1.79 bits per heavy atom. The lowest BCUT2D eigenvalue weighted by Gasteiger charge is -2.06. The highest BCUT2D eigenvalue weighted by Crippen LogP contribution is 2.48. The zero-order valence-electron chi connectivity index (χ0n) is 15.8. The Balaban J connectivity index is 1.29. The molecule has 3 nitrogen and oxygen atoms in total. The van der Waals surface area contributed by atoms with Gasteiger partial charge in [-0.3, -0.25) is 14.8 Å². The number of rotatable bonds is 5. The molecule has 2 atom stereocenters. The van der Waals surface area contributed by atoms with Crippen molar-refractivity contribution in [1.82, 2.24) is 9.97 Å². The number of aromatic nitrogens is 2. The Bertz CT molecular complexity index is 1180. The van der Waals surface area contributed by atoms with Crippen LogP contribution in [0.3, 0.4) is 0 Å². The van der Waals surface area contributed by atoms with E-state index in [1.54, 1.807) is 18.3 Å². The average Bonchev–Trinajstić information content (AvgIpc) is 3.56. The fourth-order valence-electron chi connectivity index (χ4n) is 3.96. The zero-order chi connectivity index (χ0) is 19.8. The first-order valence-electron chi connectivity index (χ1n) is 9.76. The Morgan fingerprint density at radius 3 is 2.59 bits per heavy atom. The minimum Gasteiger partial charge on any atom is -0.299 e. The zero-order valence-corrected chi connectivity index (χ0v) is 15.8. The van der Waals surface area contributed by atoms with E-state index in [2.05, 4.69) is 9.97 Å². The molecule has 2 aromatic heterocycles. The van der Waals surface area contributed by atoms with Crippen LogP contribution in [-0.2, 0) is 11.2 Å². The van der Waals surface area contributed by atoms with Crippen LogP contribution in [0, 0.1) is 11.7 Å². The SMILES string of the molecule is O=C(Cc1cccc2cccnc12)C1CC1c1ccc(-c2ccc(F)cc2)nc1. The molecule has 0 spiro atoms. The molecule has 2 aromatic carbocycles. The highest BCUT2D eigenvalue weighted by Gasteiger charge is 2.43. The predicted molar refractivity (Wildman–Crippen MR) is 111 cm³/mol. The van der Waals surface area contributed by atoms with E-state index in [0.29, 0.717) is 6.42 Å². The number of pyridine rings is 2. The predicted octanol–water partition coefficient (Wildman–Crippen LogP) is 5.35. The molecule has 0 aliphatic heterocycles. The Hall–Kier alpha value is -3.40. The van der Waals surface area contributed by atoms with Gasteiger partial charge in [-0.15, -0.1) is 0 Å². The third-order valence-corrected chi connectivity index (χ3v) is 5.64. The summed E-state index contributed by atoms with van der Waals surface area (Å²) in [6.45, 7) is 0. The fourth-order valence-corrected chi connectivity index (χ4v) is 3.96. The van der Waals surface area contributed by atoms with Crippen molar-refractivity contribution < 1.29 is 9.18 Å². The van der Waals surface area contributed by atoms with Crippen LogP contribution in [0.2, 0.25) is 0 Å². The lowest BCUT2D eigenvalue weighted by molar-refractivity contribution is -0.119. The molecule has 5 rings (SSSR count). The molecule has 2 heterocycles. The summed E-state index contributed by atoms with van der Waals surface area (Å²) in [4.78, 5) is 21.8. The second kappa shape index (κ2) is 7.21. The van der Waals surface area contributed by atoms with E-state index in [9.17, 15) is 9.18 Å². The highest BCUT2D eigenvalue weighted by molar-refractivity contribution is 5.91. The van der Waals surface area contributed by atoms with Crippen molar-refractivity contribution >= 4 is 16.7 Å². The van der Waals surface area contributed by atoms with Gasteiger partial charge >= 0.3 is 0 Å². The maximum Gasteiger partial charge on any atom is 0.141 e. The molecule has 1 fully saturated rings. The summed E-state index contributed by atoms with van der Waals surface area (Å²) in [5.74, 6) is 0.287. The fraction of sp³-hybridized carbons (Fsp3) is 0.160. The average molecular weight is 382 g/mol. The lowest BCUT2D eigenvalue weighted by atomic mass is 10.0. The molecule has 0 amide bonds. The van der Waals surface area contributed by atoms with Crippen LogP contribution < -0.4 is 0 Å². The number of carbonyl (C=O) groups is 1. The first-order valence-corrected chi connectivity index (χ1v) is 9.76. The number of nitrogens with zero attached hydrogens (tertiary/aromatic N) is 2. The molecular formula is C25H19FN2O. The van der Waals surface area contributed by atoms with Gasteiger partial charge in [0, 0.05) is 35.7 Å². The van der Waals surface area contributed by atoms with Crippen molar-refractivity contribution in [1.29, 1.82) is 0 Å². The van der Waals surface area contributed by atoms with Crippen LogP contribution in [0.4, 0.5) is 4.39 Å². The molecule has 1 saturated carbocycles. The molecule has 1 aliphatic carbocycles. The number of benzene rings is 2. The standard InChI is InChI=1S/C25H19FN2O/c26-20-9-6-16(7-10-20)23-11-8-19(15-28-23)21-14-22(21)24(29)13-18-4-1-3-17-5-2-12-27-25(17)18/h1-12,15,21-22H,13-14H2. The second-order valence-electron chi connectivity index (χ2n) is 7.57. The van der Waals surface area contributed by atoms with Gasteiger partial charge in [-0.2, -0.15) is 0 Å². The third kappa shape index (κ3) is 3.54. The minimum atomic E-state index is -0.258. The maximum absolute atomic E-state index is 13.1. The van der Waals surface area contributed by atoms with Crippen LogP contribution in [0.1, 0.15) is 23.5 Å². The van der Waals surface area contributed by atoms with Crippen LogP contribution in [0.25, 0.3) is 22.2 Å². The summed E-state index contributed by atoms with van der Waals surface area (Å²) in [6.07, 6.45) is 4.89. The summed E-state index contributed by atoms with van der Waals surface area (Å²) >= 11 is 0. The maximum atomic E-state index is 13.1. The van der Waals surface area contributed by atoms with Crippen LogP contribution in [-0.4, -0.2) is 15.8 Å². The Labute approximate surface area is 168 Å². The molecular weight excluding hydrogens is 363 g/mol. The van der Waals surface area contributed by atoms with Crippen molar-refractivity contribution in [2.75, 3.05) is 0 Å². The van der Waals surface area contributed by atoms with E-state index in [0.717, 1.165) is 39.7 Å². The molecule has 4 heteroatoms. The quantitative estimate of drug-likeness (QED) is 0.467. The topological polar surface area (TPSA) is 42.9 Å². The smallest absolute Gasteiger partial charge is 0.141 e. The molecule has 0 bridgehead atoms. The van der Waals surface area contributed by atoms with Gasteiger partial charge in [0.25, 0.3) is 0 Å². The van der Waals surface area contributed by atoms with E-state index < -0.39 is 0 Å². The number of hydrogen-bond acceptors (Lipinski definition) is 3. The number of hydrogen-bond donors (Lipinski definition) is 0. The Morgan fingerprint density at radius 1 is 0.966 bits per heavy atom. The van der Waals surface area contributed by atoms with Crippen molar-refractivity contribution in [2.24, 2.45) is 5.92 Å². The summed E-state index contributed by atoms with van der Waals surface area (Å²) in [5, 5.41) is 1.06. The number of para-hydroxylation sites is 1. The van der Waals surface area contributed by atoms with Crippen molar-refractivity contribution in [3.63, 3.8) is 0 Å². The first-order chi connectivity index (χ1) is 14.2. The largest absolute Gasteiger partial charge is 0.299 e. The molecule has 0 saturated heterocycles. The summed E-state index contributed by atoms with van der Waals surface area (Å²) in [6, 6.07) is 20.2. The number of halogens is 1. The van der Waals surface area contributed by atoms with Crippen LogP contribution >= 0.6 is 0 Å². The van der Waals surface area contributed by atoms with Gasteiger partial charge in [-0.1, -0.05) is 30.3 Å². The number of ketones is 1. The molecule has 0 radical (unpaired) electrons. The first kappa shape index (κ1) is 17.7. The van der Waals surface area contributed by atoms with Gasteiger partial charge in [-0.05, 0) is 59.9 Å². The van der Waals surface area contributed by atoms with Crippen LogP contribution in [0.15, 0.2) is 79.1 Å². The van der Waals surface area contributed by atoms with Gasteiger partial charge in [-0.25, -0.2) is 4.39 Å². The van der Waals surface area contributed by atoms with E-state index in [4.69, 9.17) is 0 Å². The van der Waals surface area contributed by atoms with Crippen molar-refractivity contribution in [3.8, 4) is 11.3 Å². The monoisotopic (exact) mass is 382 g/mol. The number of carbonyl (C=O) groups excluding carboxylic acids is 1. The highest BCUT2D eigenvalue weighted by atomic mass is 19.1. The lowest BCUT2D eigenvalue weighted by Crippen LogP contribution is -2.07. The third-order valence-electron chi connectivity index (χ3n) is 5.64. The summed E-state index contributed by atoms with van der Waals surface area (Å²) < 4.78 is 13.1. The molecule has 1 aliphatic rings. The van der Waals surface area contributed by atoms with E-state index >= 15 is 0 Å². The molecule has 29 heavy (non-hydrogen) atoms. The van der Waals surface area contributed by atoms with Gasteiger partial charge < -0.3 is 0 Å². The van der Waals surface area contributed by atoms with Crippen LogP contribution in [0.5, 0.6) is 0 Å². The summed E-state index contributed by atoms with van der Waals surface area (Å²) in [7, 11) is 0. The normalized spacial score (nSPS) is 18.0. The van der Waals surface area contributed by atoms with Crippen molar-refractivity contribution in [3.05, 3.63) is 96.1 Å². The second-order valence-corrected chi connectivity index (χ2v) is 7.57. The van der Waals surface area contributed by atoms with E-state index in [1.165, 1.54) is 12.1 Å². The van der Waals surface area contributed by atoms with Gasteiger partial charge in [0.2, 0.25) is 0 Å².